The number of anilines is 2. The van der Waals surface area contributed by atoms with Crippen LogP contribution >= 0.6 is 0 Å². The molecule has 1 radical (unpaired) electrons. The van der Waals surface area contributed by atoms with Crippen molar-refractivity contribution in [1.82, 2.24) is 0 Å². The highest BCUT2D eigenvalue weighted by molar-refractivity contribution is 5.60. The molecule has 0 amide bonds. The molecular formula is C12H19N2. The van der Waals surface area contributed by atoms with E-state index in [-0.39, 0.29) is 0 Å². The summed E-state index contributed by atoms with van der Waals surface area (Å²) in [5.41, 5.74) is 3.74. The van der Waals surface area contributed by atoms with Crippen LogP contribution < -0.4 is 9.80 Å². The van der Waals surface area contributed by atoms with Gasteiger partial charge in [-0.3, -0.25) is 0 Å². The van der Waals surface area contributed by atoms with Gasteiger partial charge in [0.25, 0.3) is 0 Å². The summed E-state index contributed by atoms with van der Waals surface area (Å²) in [6.45, 7) is 3.92. The minimum absolute atomic E-state index is 0.836. The third kappa shape index (κ3) is 2.41. The van der Waals surface area contributed by atoms with E-state index in [2.05, 4.69) is 63.1 Å². The summed E-state index contributed by atoms with van der Waals surface area (Å²) >= 11 is 0. The number of rotatable bonds is 3. The van der Waals surface area contributed by atoms with Gasteiger partial charge in [-0.25, -0.2) is 0 Å². The third-order valence-electron chi connectivity index (χ3n) is 2.28. The predicted octanol–water partition coefficient (Wildman–Crippen LogP) is 2.20. The minimum Gasteiger partial charge on any atom is -0.378 e. The van der Waals surface area contributed by atoms with Gasteiger partial charge >= 0.3 is 0 Å². The number of benzene rings is 1. The quantitative estimate of drug-likeness (QED) is 0.722. The molecule has 0 saturated carbocycles. The molecule has 0 heterocycles. The fourth-order valence-corrected chi connectivity index (χ4v) is 1.32. The molecule has 0 bridgehead atoms. The van der Waals surface area contributed by atoms with E-state index in [0.717, 1.165) is 6.42 Å². The zero-order chi connectivity index (χ0) is 10.7. The Morgan fingerprint density at radius 3 is 1.64 bits per heavy atom. The first-order valence-corrected chi connectivity index (χ1v) is 4.82. The van der Waals surface area contributed by atoms with E-state index in [1.807, 2.05) is 0 Å². The average Bonchev–Trinajstić information content (AvgIpc) is 2.16. The van der Waals surface area contributed by atoms with Crippen LogP contribution in [-0.4, -0.2) is 28.2 Å². The van der Waals surface area contributed by atoms with Gasteiger partial charge in [0.1, 0.15) is 0 Å². The summed E-state index contributed by atoms with van der Waals surface area (Å²) in [7, 11) is 8.23. The van der Waals surface area contributed by atoms with E-state index in [0.29, 0.717) is 0 Å². The molecule has 1 rings (SSSR count). The first-order valence-electron chi connectivity index (χ1n) is 4.82. The molecule has 2 nitrogen and oxygen atoms in total. The standard InChI is InChI=1S/C12H19N2/c1-6-10-7-11(13(2)3)9-12(8-10)14(4)5/h7-9H,1,6H2,2-5H3. The summed E-state index contributed by atoms with van der Waals surface area (Å²) in [5.74, 6) is 0. The minimum atomic E-state index is 0.836. The smallest absolute Gasteiger partial charge is 0.0384 e. The monoisotopic (exact) mass is 191 g/mol. The normalized spacial score (nSPS) is 10.1. The highest BCUT2D eigenvalue weighted by atomic mass is 15.1. The lowest BCUT2D eigenvalue weighted by Crippen LogP contribution is -2.13. The van der Waals surface area contributed by atoms with Crippen molar-refractivity contribution in [3.8, 4) is 0 Å². The molecule has 77 valence electrons. The first kappa shape index (κ1) is 10.9. The molecule has 1 aromatic rings. The Balaban J connectivity index is 3.13. The maximum Gasteiger partial charge on any atom is 0.0384 e. The van der Waals surface area contributed by atoms with E-state index in [1.165, 1.54) is 16.9 Å². The molecule has 0 N–H and O–H groups in total. The Morgan fingerprint density at radius 1 is 0.929 bits per heavy atom. The van der Waals surface area contributed by atoms with Crippen LogP contribution in [-0.2, 0) is 6.42 Å². The van der Waals surface area contributed by atoms with Gasteiger partial charge in [-0.1, -0.05) is 0 Å². The predicted molar refractivity (Wildman–Crippen MR) is 64.2 cm³/mol. The van der Waals surface area contributed by atoms with E-state index < -0.39 is 0 Å². The van der Waals surface area contributed by atoms with Gasteiger partial charge < -0.3 is 9.80 Å². The van der Waals surface area contributed by atoms with E-state index >= 15 is 0 Å². The van der Waals surface area contributed by atoms with Crippen molar-refractivity contribution in [2.24, 2.45) is 0 Å². The number of hydrogen-bond donors (Lipinski definition) is 0. The van der Waals surface area contributed by atoms with Gasteiger partial charge in [0.15, 0.2) is 0 Å². The molecule has 0 spiro atoms. The lowest BCUT2D eigenvalue weighted by Gasteiger charge is -2.19. The van der Waals surface area contributed by atoms with Gasteiger partial charge in [0, 0.05) is 39.6 Å². The molecule has 0 aliphatic heterocycles. The van der Waals surface area contributed by atoms with Gasteiger partial charge in [-0.2, -0.15) is 0 Å². The molecular weight excluding hydrogens is 172 g/mol. The summed E-state index contributed by atoms with van der Waals surface area (Å²) < 4.78 is 0. The van der Waals surface area contributed by atoms with E-state index in [1.54, 1.807) is 0 Å². The summed E-state index contributed by atoms with van der Waals surface area (Å²) in [6.07, 6.45) is 0.836. The van der Waals surface area contributed by atoms with Crippen LogP contribution in [0, 0.1) is 6.92 Å². The molecule has 0 aromatic heterocycles. The summed E-state index contributed by atoms with van der Waals surface area (Å²) in [6, 6.07) is 6.54. The van der Waals surface area contributed by atoms with Crippen molar-refractivity contribution in [2.45, 2.75) is 6.42 Å². The Morgan fingerprint density at radius 2 is 1.36 bits per heavy atom. The fourth-order valence-electron chi connectivity index (χ4n) is 1.32. The van der Waals surface area contributed by atoms with E-state index in [4.69, 9.17) is 0 Å². The van der Waals surface area contributed by atoms with Crippen LogP contribution in [0.3, 0.4) is 0 Å². The molecule has 14 heavy (non-hydrogen) atoms. The maximum absolute atomic E-state index is 3.92. The second-order valence-corrected chi connectivity index (χ2v) is 3.90. The fraction of sp³-hybridized carbons (Fsp3) is 0.417. The van der Waals surface area contributed by atoms with Crippen molar-refractivity contribution in [3.63, 3.8) is 0 Å². The molecule has 0 unspecified atom stereocenters. The molecule has 0 atom stereocenters. The van der Waals surface area contributed by atoms with E-state index in [9.17, 15) is 0 Å². The number of hydrogen-bond acceptors (Lipinski definition) is 2. The van der Waals surface area contributed by atoms with Crippen molar-refractivity contribution in [2.75, 3.05) is 38.0 Å². The van der Waals surface area contributed by atoms with Gasteiger partial charge in [0.05, 0.1) is 0 Å². The number of nitrogens with zero attached hydrogens (tertiary/aromatic N) is 2. The average molecular weight is 191 g/mol. The van der Waals surface area contributed by atoms with Crippen LogP contribution in [0.5, 0.6) is 0 Å². The van der Waals surface area contributed by atoms with Crippen molar-refractivity contribution < 1.29 is 0 Å². The van der Waals surface area contributed by atoms with Crippen molar-refractivity contribution in [1.29, 1.82) is 0 Å². The Kier molecular flexibility index (Phi) is 3.39. The molecule has 0 aliphatic rings. The van der Waals surface area contributed by atoms with Crippen LogP contribution in [0.1, 0.15) is 5.56 Å². The van der Waals surface area contributed by atoms with Crippen molar-refractivity contribution in [3.05, 3.63) is 30.7 Å². The molecule has 0 fully saturated rings. The van der Waals surface area contributed by atoms with Crippen molar-refractivity contribution >= 4 is 11.4 Å². The van der Waals surface area contributed by atoms with Gasteiger partial charge in [-0.15, -0.1) is 0 Å². The maximum atomic E-state index is 3.92. The zero-order valence-corrected chi connectivity index (χ0v) is 9.54. The second-order valence-electron chi connectivity index (χ2n) is 3.90. The molecule has 0 aliphatic carbocycles. The molecule has 1 aromatic carbocycles. The third-order valence-corrected chi connectivity index (χ3v) is 2.28. The van der Waals surface area contributed by atoms with Crippen LogP contribution in [0.25, 0.3) is 0 Å². The Bertz CT molecular complexity index is 277. The highest BCUT2D eigenvalue weighted by Crippen LogP contribution is 2.22. The van der Waals surface area contributed by atoms with Gasteiger partial charge in [0.2, 0.25) is 0 Å². The SMILES string of the molecule is [CH2]Cc1cc(N(C)C)cc(N(C)C)c1. The summed E-state index contributed by atoms with van der Waals surface area (Å²) in [4.78, 5) is 4.23. The van der Waals surface area contributed by atoms with Crippen LogP contribution in [0.15, 0.2) is 18.2 Å². The lowest BCUT2D eigenvalue weighted by molar-refractivity contribution is 1.09. The largest absolute Gasteiger partial charge is 0.378 e. The highest BCUT2D eigenvalue weighted by Gasteiger charge is 2.02. The lowest BCUT2D eigenvalue weighted by atomic mass is 10.1. The summed E-state index contributed by atoms with van der Waals surface area (Å²) in [5, 5.41) is 0. The zero-order valence-electron chi connectivity index (χ0n) is 9.54. The Labute approximate surface area is 87.1 Å². The van der Waals surface area contributed by atoms with Crippen LogP contribution in [0.4, 0.5) is 11.4 Å². The Hall–Kier alpha value is -1.18. The topological polar surface area (TPSA) is 6.48 Å². The first-order chi connectivity index (χ1) is 6.54. The second kappa shape index (κ2) is 4.36. The molecule has 0 saturated heterocycles. The van der Waals surface area contributed by atoms with Gasteiger partial charge in [-0.05, 0) is 37.1 Å². The molecule has 2 heteroatoms. The van der Waals surface area contributed by atoms with Crippen LogP contribution in [0.2, 0.25) is 0 Å².